The van der Waals surface area contributed by atoms with Gasteiger partial charge in [0, 0.05) is 87.3 Å². The van der Waals surface area contributed by atoms with Crippen LogP contribution in [0.4, 0.5) is 5.69 Å². The molecule has 1 saturated heterocycles. The lowest BCUT2D eigenvalue weighted by molar-refractivity contribution is -0.132. The van der Waals surface area contributed by atoms with Gasteiger partial charge in [0.1, 0.15) is 5.69 Å². The number of fused-ring (bicyclic) bond motifs is 1. The van der Waals surface area contributed by atoms with Crippen molar-refractivity contribution in [3.63, 3.8) is 0 Å². The number of aromatic nitrogens is 3. The smallest absolute Gasteiger partial charge is 0.273 e. The van der Waals surface area contributed by atoms with Gasteiger partial charge in [-0.1, -0.05) is 30.3 Å². The predicted molar refractivity (Wildman–Crippen MR) is 166 cm³/mol. The summed E-state index contributed by atoms with van der Waals surface area (Å²) in [6, 6.07) is 17.6. The van der Waals surface area contributed by atoms with Gasteiger partial charge in [-0.3, -0.25) is 14.3 Å². The summed E-state index contributed by atoms with van der Waals surface area (Å²) in [6.45, 7) is 5.34. The van der Waals surface area contributed by atoms with Gasteiger partial charge >= 0.3 is 0 Å². The molecule has 9 nitrogen and oxygen atoms in total. The number of benzene rings is 2. The van der Waals surface area contributed by atoms with Gasteiger partial charge in [0.2, 0.25) is 5.91 Å². The van der Waals surface area contributed by atoms with Crippen LogP contribution in [-0.4, -0.2) is 63.9 Å². The van der Waals surface area contributed by atoms with E-state index in [9.17, 15) is 9.59 Å². The van der Waals surface area contributed by atoms with E-state index in [1.165, 1.54) is 26.8 Å². The first-order chi connectivity index (χ1) is 20.4. The largest absolute Gasteiger partial charge is 0.385 e. The van der Waals surface area contributed by atoms with E-state index in [4.69, 9.17) is 10.5 Å². The molecular formula is C33H42N6O3. The van der Waals surface area contributed by atoms with E-state index < -0.39 is 0 Å². The molecule has 1 aliphatic rings. The SMILES string of the molecule is COCCCn1c(C2CCCN(C(=O)CC(N)Cc3ccc(NC(=O)c4ccnn4C)cc3)C2)c(C)c2ccccc21. The van der Waals surface area contributed by atoms with E-state index in [0.29, 0.717) is 30.1 Å². The molecule has 9 heteroatoms. The van der Waals surface area contributed by atoms with Gasteiger partial charge in [-0.2, -0.15) is 5.10 Å². The quantitative estimate of drug-likeness (QED) is 0.256. The maximum absolute atomic E-state index is 13.4. The van der Waals surface area contributed by atoms with Crippen molar-refractivity contribution in [1.29, 1.82) is 0 Å². The number of nitrogens with two attached hydrogens (primary N) is 1. The molecule has 0 spiro atoms. The van der Waals surface area contributed by atoms with Gasteiger partial charge in [-0.05, 0) is 68.0 Å². The standard InChI is InChI=1S/C33H42N6O3/c1-23-28-9-4-5-10-29(28)39(18-7-19-42-3)32(23)25-8-6-17-38(22-25)31(40)21-26(34)20-24-11-13-27(14-12-24)36-33(41)30-15-16-35-37(30)2/h4-5,9-16,25-26H,6-8,17-22,34H2,1-3H3,(H,36,41). The Kier molecular flexibility index (Phi) is 9.39. The summed E-state index contributed by atoms with van der Waals surface area (Å²) >= 11 is 0. The van der Waals surface area contributed by atoms with Crippen molar-refractivity contribution >= 4 is 28.4 Å². The van der Waals surface area contributed by atoms with Crippen LogP contribution in [0.3, 0.4) is 0 Å². The molecule has 42 heavy (non-hydrogen) atoms. The molecule has 0 bridgehead atoms. The molecule has 2 atom stereocenters. The minimum absolute atomic E-state index is 0.118. The fourth-order valence-electron chi connectivity index (χ4n) is 6.30. The number of nitrogens with one attached hydrogen (secondary N) is 1. The van der Waals surface area contributed by atoms with Crippen molar-refractivity contribution < 1.29 is 14.3 Å². The van der Waals surface area contributed by atoms with Crippen LogP contribution < -0.4 is 11.1 Å². The first-order valence-electron chi connectivity index (χ1n) is 14.8. The van der Waals surface area contributed by atoms with Gasteiger partial charge in [-0.15, -0.1) is 0 Å². The van der Waals surface area contributed by atoms with E-state index in [1.54, 1.807) is 26.4 Å². The Bertz CT molecular complexity index is 1520. The van der Waals surface area contributed by atoms with Crippen LogP contribution in [0.25, 0.3) is 10.9 Å². The van der Waals surface area contributed by atoms with E-state index >= 15 is 0 Å². The summed E-state index contributed by atoms with van der Waals surface area (Å²) in [6.07, 6.45) is 5.49. The molecular weight excluding hydrogens is 528 g/mol. The highest BCUT2D eigenvalue weighted by Crippen LogP contribution is 2.36. The Labute approximate surface area is 247 Å². The minimum Gasteiger partial charge on any atom is -0.385 e. The van der Waals surface area contributed by atoms with Gasteiger partial charge in [0.05, 0.1) is 0 Å². The first-order valence-corrected chi connectivity index (χ1v) is 14.8. The van der Waals surface area contributed by atoms with E-state index in [2.05, 4.69) is 46.2 Å². The topological polar surface area (TPSA) is 107 Å². The van der Waals surface area contributed by atoms with Crippen LogP contribution in [0.2, 0.25) is 0 Å². The number of likely N-dealkylation sites (tertiary alicyclic amines) is 1. The second kappa shape index (κ2) is 13.4. The summed E-state index contributed by atoms with van der Waals surface area (Å²) in [4.78, 5) is 27.9. The number of aryl methyl sites for hydroxylation is 3. The number of anilines is 1. The van der Waals surface area contributed by atoms with Gasteiger partial charge in [0.15, 0.2) is 0 Å². The third-order valence-electron chi connectivity index (χ3n) is 8.36. The van der Waals surface area contributed by atoms with Crippen LogP contribution in [0.5, 0.6) is 0 Å². The van der Waals surface area contributed by atoms with Crippen LogP contribution in [-0.2, 0) is 29.5 Å². The Morgan fingerprint density at radius 3 is 2.67 bits per heavy atom. The molecule has 2 amide bonds. The maximum Gasteiger partial charge on any atom is 0.273 e. The van der Waals surface area contributed by atoms with Crippen molar-refractivity contribution in [2.75, 3.05) is 32.1 Å². The molecule has 1 aliphatic heterocycles. The fourth-order valence-corrected chi connectivity index (χ4v) is 6.30. The molecule has 2 aromatic carbocycles. The lowest BCUT2D eigenvalue weighted by Crippen LogP contribution is -2.42. The number of para-hydroxylation sites is 1. The monoisotopic (exact) mass is 570 g/mol. The molecule has 5 rings (SSSR count). The molecule has 0 aliphatic carbocycles. The van der Waals surface area contributed by atoms with Gasteiger partial charge < -0.3 is 25.3 Å². The molecule has 3 heterocycles. The molecule has 2 aromatic heterocycles. The fraction of sp³-hybridized carbons (Fsp3) is 0.424. The van der Waals surface area contributed by atoms with Crippen LogP contribution in [0, 0.1) is 6.92 Å². The maximum atomic E-state index is 13.4. The number of rotatable bonds is 11. The number of ether oxygens (including phenoxy) is 1. The second-order valence-corrected chi connectivity index (χ2v) is 11.4. The molecule has 4 aromatic rings. The zero-order valence-corrected chi connectivity index (χ0v) is 24.9. The average molecular weight is 571 g/mol. The highest BCUT2D eigenvalue weighted by atomic mass is 16.5. The minimum atomic E-state index is -0.282. The van der Waals surface area contributed by atoms with E-state index in [0.717, 1.165) is 51.1 Å². The van der Waals surface area contributed by atoms with Gasteiger partial charge in [0.25, 0.3) is 5.91 Å². The lowest BCUT2D eigenvalue weighted by atomic mass is 9.91. The summed E-state index contributed by atoms with van der Waals surface area (Å²) in [5, 5.41) is 8.22. The Hall–Kier alpha value is -3.95. The number of carbonyl (C=O) groups is 2. The number of nitrogens with zero attached hydrogens (tertiary/aromatic N) is 4. The lowest BCUT2D eigenvalue weighted by Gasteiger charge is -2.34. The number of amides is 2. The molecule has 2 unspecified atom stereocenters. The Morgan fingerprint density at radius 2 is 1.93 bits per heavy atom. The molecule has 222 valence electrons. The number of hydrogen-bond donors (Lipinski definition) is 2. The summed E-state index contributed by atoms with van der Waals surface area (Å²) < 4.78 is 9.33. The third kappa shape index (κ3) is 6.58. The average Bonchev–Trinajstić information content (AvgIpc) is 3.55. The number of piperidine rings is 1. The Morgan fingerprint density at radius 1 is 1.14 bits per heavy atom. The normalized spacial score (nSPS) is 16.1. The first kappa shape index (κ1) is 29.5. The van der Waals surface area contributed by atoms with Crippen LogP contribution in [0.15, 0.2) is 60.8 Å². The van der Waals surface area contributed by atoms with Crippen molar-refractivity contribution in [2.24, 2.45) is 12.8 Å². The Balaban J connectivity index is 1.20. The highest BCUT2D eigenvalue weighted by Gasteiger charge is 2.29. The number of carbonyl (C=O) groups excluding carboxylic acids is 2. The van der Waals surface area contributed by atoms with E-state index in [-0.39, 0.29) is 17.9 Å². The molecule has 0 saturated carbocycles. The summed E-state index contributed by atoms with van der Waals surface area (Å²) in [5.41, 5.74) is 12.6. The van der Waals surface area contributed by atoms with Gasteiger partial charge in [-0.25, -0.2) is 0 Å². The summed E-state index contributed by atoms with van der Waals surface area (Å²) in [7, 11) is 3.48. The predicted octanol–water partition coefficient (Wildman–Crippen LogP) is 4.64. The van der Waals surface area contributed by atoms with Crippen molar-refractivity contribution in [2.45, 2.75) is 57.5 Å². The summed E-state index contributed by atoms with van der Waals surface area (Å²) in [5.74, 6) is 0.199. The number of hydrogen-bond acceptors (Lipinski definition) is 5. The van der Waals surface area contributed by atoms with Crippen molar-refractivity contribution in [3.05, 3.63) is 83.3 Å². The zero-order valence-electron chi connectivity index (χ0n) is 24.9. The zero-order chi connectivity index (χ0) is 29.6. The molecule has 3 N–H and O–H groups in total. The second-order valence-electron chi connectivity index (χ2n) is 11.4. The van der Waals surface area contributed by atoms with Crippen LogP contribution in [0.1, 0.15) is 58.9 Å². The van der Waals surface area contributed by atoms with Crippen LogP contribution >= 0.6 is 0 Å². The number of methoxy groups -OCH3 is 1. The van der Waals surface area contributed by atoms with Crippen molar-refractivity contribution in [3.8, 4) is 0 Å². The highest BCUT2D eigenvalue weighted by molar-refractivity contribution is 6.03. The van der Waals surface area contributed by atoms with Crippen molar-refractivity contribution in [1.82, 2.24) is 19.2 Å². The molecule has 1 fully saturated rings. The molecule has 0 radical (unpaired) electrons. The third-order valence-corrected chi connectivity index (χ3v) is 8.36. The van der Waals surface area contributed by atoms with E-state index in [1.807, 2.05) is 29.2 Å².